The van der Waals surface area contributed by atoms with Crippen LogP contribution in [0.3, 0.4) is 0 Å². The molecule has 2 rings (SSSR count). The van der Waals surface area contributed by atoms with Crippen molar-refractivity contribution in [1.29, 1.82) is 0 Å². The van der Waals surface area contributed by atoms with Gasteiger partial charge in [0.05, 0.1) is 24.4 Å². The van der Waals surface area contributed by atoms with Gasteiger partial charge in [-0.2, -0.15) is 0 Å². The number of hydrogen-bond donors (Lipinski definition) is 0. The molecular formula is C24H28O5S. The first-order valence-corrected chi connectivity index (χ1v) is 11.5. The maximum absolute atomic E-state index is 12.5. The molecule has 0 saturated heterocycles. The molecule has 0 atom stereocenters. The molecule has 0 fully saturated rings. The smallest absolute Gasteiger partial charge is 0.330 e. The van der Waals surface area contributed by atoms with Gasteiger partial charge in [0.1, 0.15) is 5.75 Å². The third-order valence-corrected chi connectivity index (χ3v) is 6.36. The number of sulfone groups is 1. The Balaban J connectivity index is 1.80. The third-order valence-electron chi connectivity index (χ3n) is 4.54. The van der Waals surface area contributed by atoms with Gasteiger partial charge in [0.15, 0.2) is 9.84 Å². The number of hydrogen-bond acceptors (Lipinski definition) is 5. The maximum Gasteiger partial charge on any atom is 0.330 e. The van der Waals surface area contributed by atoms with Gasteiger partial charge in [-0.3, -0.25) is 0 Å². The number of rotatable bonds is 12. The molecule has 0 radical (unpaired) electrons. The predicted molar refractivity (Wildman–Crippen MR) is 120 cm³/mol. The third kappa shape index (κ3) is 7.87. The van der Waals surface area contributed by atoms with Crippen molar-refractivity contribution in [3.63, 3.8) is 0 Å². The average Bonchev–Trinajstić information content (AvgIpc) is 2.77. The molecule has 0 amide bonds. The highest BCUT2D eigenvalue weighted by atomic mass is 32.2. The number of unbranched alkanes of at least 4 members (excludes halogenated alkanes) is 3. The molecule has 2 aromatic carbocycles. The molecule has 0 heterocycles. The summed E-state index contributed by atoms with van der Waals surface area (Å²) >= 11 is 0. The van der Waals surface area contributed by atoms with E-state index in [0.717, 1.165) is 42.2 Å². The van der Waals surface area contributed by atoms with Gasteiger partial charge < -0.3 is 9.47 Å². The lowest BCUT2D eigenvalue weighted by Crippen LogP contribution is -2.07. The van der Waals surface area contributed by atoms with E-state index in [-0.39, 0.29) is 5.75 Å². The number of methoxy groups -OCH3 is 1. The Kier molecular flexibility index (Phi) is 9.35. The van der Waals surface area contributed by atoms with Crippen molar-refractivity contribution in [2.75, 3.05) is 19.5 Å². The van der Waals surface area contributed by atoms with Crippen LogP contribution in [0, 0.1) is 0 Å². The lowest BCUT2D eigenvalue weighted by molar-refractivity contribution is -0.137. The van der Waals surface area contributed by atoms with Crippen LogP contribution in [0.25, 0.3) is 12.2 Å². The van der Waals surface area contributed by atoms with E-state index in [2.05, 4.69) is 6.58 Å². The summed E-state index contributed by atoms with van der Waals surface area (Å²) in [6.07, 6.45) is 7.92. The summed E-state index contributed by atoms with van der Waals surface area (Å²) in [5.41, 5.74) is 1.96. The first-order valence-electron chi connectivity index (χ1n) is 9.89. The zero-order chi connectivity index (χ0) is 21.8. The van der Waals surface area contributed by atoms with E-state index in [1.54, 1.807) is 31.4 Å². The van der Waals surface area contributed by atoms with Crippen molar-refractivity contribution < 1.29 is 22.7 Å². The quantitative estimate of drug-likeness (QED) is 0.207. The van der Waals surface area contributed by atoms with Crippen molar-refractivity contribution in [3.8, 4) is 5.75 Å². The van der Waals surface area contributed by atoms with Crippen LogP contribution < -0.4 is 4.74 Å². The van der Waals surface area contributed by atoms with Crippen molar-refractivity contribution >= 4 is 28.0 Å². The molecular weight excluding hydrogens is 400 g/mol. The van der Waals surface area contributed by atoms with Crippen LogP contribution in [0.4, 0.5) is 0 Å². The lowest BCUT2D eigenvalue weighted by Gasteiger charge is -2.06. The SMILES string of the molecule is C=CC(=O)OCCCCCCS(=O)(=O)c1ccc(/C=C/c2ccc(OC)cc2)cc1. The lowest BCUT2D eigenvalue weighted by atomic mass is 10.1. The molecule has 0 aromatic heterocycles. The maximum atomic E-state index is 12.5. The highest BCUT2D eigenvalue weighted by Gasteiger charge is 2.13. The Morgan fingerprint density at radius 1 is 0.900 bits per heavy atom. The van der Waals surface area contributed by atoms with Crippen molar-refractivity contribution in [3.05, 3.63) is 72.3 Å². The first-order chi connectivity index (χ1) is 14.4. The molecule has 0 bridgehead atoms. The first kappa shape index (κ1) is 23.4. The number of ether oxygens (including phenoxy) is 2. The number of carbonyl (C=O) groups excluding carboxylic acids is 1. The van der Waals surface area contributed by atoms with Gasteiger partial charge in [-0.25, -0.2) is 13.2 Å². The van der Waals surface area contributed by atoms with E-state index >= 15 is 0 Å². The van der Waals surface area contributed by atoms with Crippen LogP contribution in [0.15, 0.2) is 66.1 Å². The Hall–Kier alpha value is -2.86. The molecule has 2 aromatic rings. The summed E-state index contributed by atoms with van der Waals surface area (Å²) < 4.78 is 35.0. The fourth-order valence-electron chi connectivity index (χ4n) is 2.79. The Bertz CT molecular complexity index is 942. The summed E-state index contributed by atoms with van der Waals surface area (Å²) in [5, 5.41) is 0. The largest absolute Gasteiger partial charge is 0.497 e. The summed E-state index contributed by atoms with van der Waals surface area (Å²) in [6.45, 7) is 3.67. The minimum absolute atomic E-state index is 0.112. The van der Waals surface area contributed by atoms with Crippen LogP contribution in [0.1, 0.15) is 36.8 Å². The predicted octanol–water partition coefficient (Wildman–Crippen LogP) is 4.93. The van der Waals surface area contributed by atoms with Crippen LogP contribution in [0.5, 0.6) is 5.75 Å². The van der Waals surface area contributed by atoms with Crippen LogP contribution in [-0.4, -0.2) is 33.9 Å². The Morgan fingerprint density at radius 3 is 2.03 bits per heavy atom. The minimum Gasteiger partial charge on any atom is -0.497 e. The Labute approximate surface area is 179 Å². The van der Waals surface area contributed by atoms with Gasteiger partial charge in [-0.1, -0.05) is 55.8 Å². The molecule has 0 aliphatic heterocycles. The number of carbonyl (C=O) groups is 1. The normalized spacial score (nSPS) is 11.4. The van der Waals surface area contributed by atoms with Crippen molar-refractivity contribution in [2.45, 2.75) is 30.6 Å². The van der Waals surface area contributed by atoms with Gasteiger partial charge in [0.2, 0.25) is 0 Å². The van der Waals surface area contributed by atoms with E-state index in [0.29, 0.717) is 17.9 Å². The highest BCUT2D eigenvalue weighted by molar-refractivity contribution is 7.91. The monoisotopic (exact) mass is 428 g/mol. The van der Waals surface area contributed by atoms with Crippen LogP contribution >= 0.6 is 0 Å². The molecule has 0 aliphatic carbocycles. The van der Waals surface area contributed by atoms with Gasteiger partial charge >= 0.3 is 5.97 Å². The molecule has 0 saturated carbocycles. The van der Waals surface area contributed by atoms with Crippen LogP contribution in [-0.2, 0) is 19.4 Å². The topological polar surface area (TPSA) is 69.7 Å². The van der Waals surface area contributed by atoms with Gasteiger partial charge in [0, 0.05) is 6.08 Å². The van der Waals surface area contributed by atoms with Crippen LogP contribution in [0.2, 0.25) is 0 Å². The second kappa shape index (κ2) is 12.0. The highest BCUT2D eigenvalue weighted by Crippen LogP contribution is 2.17. The van der Waals surface area contributed by atoms with Gasteiger partial charge in [-0.05, 0) is 48.2 Å². The molecule has 30 heavy (non-hydrogen) atoms. The fraction of sp³-hybridized carbons (Fsp3) is 0.292. The van der Waals surface area contributed by atoms with Crippen molar-refractivity contribution in [1.82, 2.24) is 0 Å². The molecule has 0 N–H and O–H groups in total. The Morgan fingerprint density at radius 2 is 1.47 bits per heavy atom. The molecule has 160 valence electrons. The van der Waals surface area contributed by atoms with Gasteiger partial charge in [0.25, 0.3) is 0 Å². The zero-order valence-corrected chi connectivity index (χ0v) is 18.1. The summed E-state index contributed by atoms with van der Waals surface area (Å²) in [4.78, 5) is 11.3. The minimum atomic E-state index is -3.30. The summed E-state index contributed by atoms with van der Waals surface area (Å²) in [6, 6.07) is 14.6. The summed E-state index contributed by atoms with van der Waals surface area (Å²) in [5.74, 6) is 0.484. The van der Waals surface area contributed by atoms with E-state index in [9.17, 15) is 13.2 Å². The molecule has 5 nitrogen and oxygen atoms in total. The average molecular weight is 429 g/mol. The van der Waals surface area contributed by atoms with E-state index in [4.69, 9.17) is 9.47 Å². The van der Waals surface area contributed by atoms with E-state index < -0.39 is 15.8 Å². The van der Waals surface area contributed by atoms with E-state index in [1.807, 2.05) is 36.4 Å². The zero-order valence-electron chi connectivity index (χ0n) is 17.3. The molecule has 0 aliphatic rings. The molecule has 0 spiro atoms. The fourth-order valence-corrected chi connectivity index (χ4v) is 4.16. The van der Waals surface area contributed by atoms with Crippen molar-refractivity contribution in [2.24, 2.45) is 0 Å². The standard InChI is InChI=1S/C24H28O5S/c1-3-24(25)29-18-6-4-5-7-19-30(26,27)23-16-12-21(13-17-23)9-8-20-10-14-22(28-2)15-11-20/h3,8-17H,1,4-7,18-19H2,2H3/b9-8+. The second-order valence-electron chi connectivity index (χ2n) is 6.78. The molecule has 6 heteroatoms. The second-order valence-corrected chi connectivity index (χ2v) is 8.89. The van der Waals surface area contributed by atoms with Gasteiger partial charge in [-0.15, -0.1) is 0 Å². The number of benzene rings is 2. The summed E-state index contributed by atoms with van der Waals surface area (Å²) in [7, 11) is -1.67. The molecule has 0 unspecified atom stereocenters. The number of esters is 1. The van der Waals surface area contributed by atoms with E-state index in [1.165, 1.54) is 0 Å².